The molecule has 1 heterocycles. The number of rotatable bonds is 6. The van der Waals surface area contributed by atoms with Crippen LogP contribution in [-0.4, -0.2) is 18.7 Å². The van der Waals surface area contributed by atoms with Crippen LogP contribution in [0, 0.1) is 0 Å². The van der Waals surface area contributed by atoms with E-state index in [1.54, 1.807) is 6.21 Å². The first-order valence-corrected chi connectivity index (χ1v) is 10.4. The Morgan fingerprint density at radius 3 is 2.33 bits per heavy atom. The Morgan fingerprint density at radius 1 is 0.900 bits per heavy atom. The van der Waals surface area contributed by atoms with Gasteiger partial charge in [-0.1, -0.05) is 78.0 Å². The molecular weight excluding hydrogens is 372 g/mol. The minimum Gasteiger partial charge on any atom is -0.391 e. The number of hydrogen-bond acceptors (Lipinski definition) is 3. The average molecular weight is 399 g/mol. The van der Waals surface area contributed by atoms with Crippen LogP contribution in [0.2, 0.25) is 0 Å². The van der Waals surface area contributed by atoms with Gasteiger partial charge in [-0.3, -0.25) is 4.79 Å². The van der Waals surface area contributed by atoms with Crippen molar-refractivity contribution < 1.29 is 9.63 Å². The molecule has 1 fully saturated rings. The van der Waals surface area contributed by atoms with E-state index in [0.717, 1.165) is 36.2 Å². The van der Waals surface area contributed by atoms with Gasteiger partial charge in [-0.05, 0) is 47.6 Å². The molecule has 4 rings (SSSR count). The van der Waals surface area contributed by atoms with Gasteiger partial charge in [0.05, 0.1) is 6.21 Å². The number of anilines is 1. The molecule has 4 heteroatoms. The predicted molar refractivity (Wildman–Crippen MR) is 121 cm³/mol. The van der Waals surface area contributed by atoms with E-state index in [9.17, 15) is 4.79 Å². The molecule has 152 valence electrons. The minimum atomic E-state index is 0.213. The first kappa shape index (κ1) is 19.9. The average Bonchev–Trinajstić information content (AvgIpc) is 3.00. The maximum absolute atomic E-state index is 12.6. The number of benzene rings is 3. The second kappa shape index (κ2) is 9.88. The number of carbonyl (C=O) groups excluding carboxylic acids is 1. The van der Waals surface area contributed by atoms with Crippen LogP contribution in [0.1, 0.15) is 41.9 Å². The molecule has 0 aromatic heterocycles. The number of carbonyl (C=O) groups is 1. The lowest BCUT2D eigenvalue weighted by atomic mass is 9.91. The van der Waals surface area contributed by atoms with Crippen molar-refractivity contribution in [2.45, 2.75) is 31.8 Å². The third-order valence-electron chi connectivity index (χ3n) is 5.53. The van der Waals surface area contributed by atoms with Gasteiger partial charge in [-0.25, -0.2) is 0 Å². The molecule has 1 aliphatic heterocycles. The van der Waals surface area contributed by atoms with Crippen molar-refractivity contribution >= 4 is 17.8 Å². The van der Waals surface area contributed by atoms with E-state index in [2.05, 4.69) is 29.4 Å². The van der Waals surface area contributed by atoms with Crippen LogP contribution < -0.4 is 4.90 Å². The summed E-state index contributed by atoms with van der Waals surface area (Å²) < 4.78 is 0. The van der Waals surface area contributed by atoms with Crippen molar-refractivity contribution in [3.05, 3.63) is 102 Å². The Kier molecular flexibility index (Phi) is 6.55. The Hall–Kier alpha value is -3.40. The number of amides is 1. The lowest BCUT2D eigenvalue weighted by Gasteiger charge is -2.21. The molecule has 0 radical (unpaired) electrons. The summed E-state index contributed by atoms with van der Waals surface area (Å²) in [6, 6.07) is 28.3. The molecule has 0 N–H and O–H groups in total. The summed E-state index contributed by atoms with van der Waals surface area (Å²) in [6.45, 7) is 1.20. The van der Waals surface area contributed by atoms with Gasteiger partial charge in [0.2, 0.25) is 5.91 Å². The first-order valence-electron chi connectivity index (χ1n) is 10.4. The smallest absolute Gasteiger partial charge is 0.226 e. The van der Waals surface area contributed by atoms with Gasteiger partial charge < -0.3 is 9.74 Å². The normalized spacial score (nSPS) is 17.1. The topological polar surface area (TPSA) is 41.9 Å². The van der Waals surface area contributed by atoms with Crippen LogP contribution in [0.15, 0.2) is 90.1 Å². The summed E-state index contributed by atoms with van der Waals surface area (Å²) >= 11 is 0. The molecule has 3 aromatic carbocycles. The molecule has 30 heavy (non-hydrogen) atoms. The van der Waals surface area contributed by atoms with Gasteiger partial charge in [0.25, 0.3) is 0 Å². The summed E-state index contributed by atoms with van der Waals surface area (Å²) in [5, 5.41) is 4.04. The second-order valence-corrected chi connectivity index (χ2v) is 7.57. The fraction of sp³-hybridized carbons (Fsp3) is 0.231. The van der Waals surface area contributed by atoms with Gasteiger partial charge >= 0.3 is 0 Å². The first-order chi connectivity index (χ1) is 14.8. The summed E-state index contributed by atoms with van der Waals surface area (Å²) in [5.74, 6) is 0.610. The zero-order valence-electron chi connectivity index (χ0n) is 17.0. The summed E-state index contributed by atoms with van der Waals surface area (Å²) in [7, 11) is 0. The molecule has 1 aliphatic rings. The van der Waals surface area contributed by atoms with Gasteiger partial charge in [-0.2, -0.15) is 0 Å². The van der Waals surface area contributed by atoms with Gasteiger partial charge in [0.15, 0.2) is 0 Å². The van der Waals surface area contributed by atoms with E-state index in [1.165, 1.54) is 5.56 Å². The standard InChI is InChI=1S/C26H26N2O2/c29-26-16-15-24(17-18-28(26)25-9-5-2-6-10-25)23-13-11-22(12-14-23)20-30-27-19-21-7-3-1-4-8-21/h1-14,19,24H,15-18,20H2/b27-19+. The highest BCUT2D eigenvalue weighted by Gasteiger charge is 2.24. The molecule has 1 saturated heterocycles. The van der Waals surface area contributed by atoms with Crippen molar-refractivity contribution in [3.63, 3.8) is 0 Å². The largest absolute Gasteiger partial charge is 0.391 e. The third kappa shape index (κ3) is 5.15. The number of oxime groups is 1. The maximum atomic E-state index is 12.6. The monoisotopic (exact) mass is 398 g/mol. The van der Waals surface area contributed by atoms with Gasteiger partial charge in [0, 0.05) is 18.7 Å². The highest BCUT2D eigenvalue weighted by molar-refractivity contribution is 5.93. The molecule has 0 saturated carbocycles. The molecule has 3 aromatic rings. The van der Waals surface area contributed by atoms with Crippen LogP contribution in [0.4, 0.5) is 5.69 Å². The molecule has 0 bridgehead atoms. The van der Waals surface area contributed by atoms with Crippen LogP contribution in [0.5, 0.6) is 0 Å². The van der Waals surface area contributed by atoms with Crippen molar-refractivity contribution in [1.82, 2.24) is 0 Å². The SMILES string of the molecule is O=C1CCC(c2ccc(CO/N=C/c3ccccc3)cc2)CCN1c1ccccc1. The zero-order valence-corrected chi connectivity index (χ0v) is 17.0. The second-order valence-electron chi connectivity index (χ2n) is 7.57. The van der Waals surface area contributed by atoms with Gasteiger partial charge in [-0.15, -0.1) is 0 Å². The Balaban J connectivity index is 1.32. The zero-order chi connectivity index (χ0) is 20.6. The lowest BCUT2D eigenvalue weighted by molar-refractivity contribution is -0.118. The molecule has 0 spiro atoms. The summed E-state index contributed by atoms with van der Waals surface area (Å²) in [6.07, 6.45) is 4.16. The quantitative estimate of drug-likeness (QED) is 0.404. The van der Waals surface area contributed by atoms with Crippen LogP contribution in [-0.2, 0) is 16.2 Å². The molecule has 1 amide bonds. The molecular formula is C26H26N2O2. The highest BCUT2D eigenvalue weighted by Crippen LogP contribution is 2.30. The molecule has 1 atom stereocenters. The fourth-order valence-electron chi connectivity index (χ4n) is 3.84. The molecule has 0 aliphatic carbocycles. The maximum Gasteiger partial charge on any atom is 0.226 e. The van der Waals surface area contributed by atoms with E-state index in [0.29, 0.717) is 18.9 Å². The summed E-state index contributed by atoms with van der Waals surface area (Å²) in [5.41, 5.74) is 4.38. The summed E-state index contributed by atoms with van der Waals surface area (Å²) in [4.78, 5) is 19.9. The van der Waals surface area contributed by atoms with Crippen LogP contribution >= 0.6 is 0 Å². The van der Waals surface area contributed by atoms with E-state index in [1.807, 2.05) is 65.6 Å². The fourth-order valence-corrected chi connectivity index (χ4v) is 3.84. The van der Waals surface area contributed by atoms with E-state index >= 15 is 0 Å². The van der Waals surface area contributed by atoms with E-state index < -0.39 is 0 Å². The number of hydrogen-bond donors (Lipinski definition) is 0. The highest BCUT2D eigenvalue weighted by atomic mass is 16.6. The van der Waals surface area contributed by atoms with Crippen LogP contribution in [0.25, 0.3) is 0 Å². The van der Waals surface area contributed by atoms with Crippen molar-refractivity contribution in [3.8, 4) is 0 Å². The van der Waals surface area contributed by atoms with Crippen molar-refractivity contribution in [2.75, 3.05) is 11.4 Å². The van der Waals surface area contributed by atoms with Gasteiger partial charge in [0.1, 0.15) is 6.61 Å². The van der Waals surface area contributed by atoms with Crippen LogP contribution in [0.3, 0.4) is 0 Å². The third-order valence-corrected chi connectivity index (χ3v) is 5.53. The van der Waals surface area contributed by atoms with E-state index in [4.69, 9.17) is 4.84 Å². The minimum absolute atomic E-state index is 0.213. The van der Waals surface area contributed by atoms with Crippen molar-refractivity contribution in [2.24, 2.45) is 5.16 Å². The number of nitrogens with zero attached hydrogens (tertiary/aromatic N) is 2. The lowest BCUT2D eigenvalue weighted by Crippen LogP contribution is -2.29. The number of para-hydroxylation sites is 1. The predicted octanol–water partition coefficient (Wildman–Crippen LogP) is 5.54. The molecule has 1 unspecified atom stereocenters. The Bertz CT molecular complexity index is 969. The Morgan fingerprint density at radius 2 is 1.60 bits per heavy atom. The van der Waals surface area contributed by atoms with Crippen molar-refractivity contribution in [1.29, 1.82) is 0 Å². The molecule has 4 nitrogen and oxygen atoms in total. The Labute approximate surface area is 177 Å². The van der Waals surface area contributed by atoms with E-state index in [-0.39, 0.29) is 5.91 Å².